The third-order valence-electron chi connectivity index (χ3n) is 3.78. The molecule has 2 aromatic heterocycles. The van der Waals surface area contributed by atoms with Gasteiger partial charge in [-0.2, -0.15) is 0 Å². The van der Waals surface area contributed by atoms with Crippen molar-refractivity contribution in [3.8, 4) is 11.3 Å². The summed E-state index contributed by atoms with van der Waals surface area (Å²) in [5.41, 5.74) is 1.94. The molecule has 0 saturated heterocycles. The van der Waals surface area contributed by atoms with Crippen molar-refractivity contribution in [1.29, 1.82) is 0 Å². The van der Waals surface area contributed by atoms with Gasteiger partial charge in [-0.1, -0.05) is 13.3 Å². The molecule has 2 heterocycles. The number of aromatic nitrogens is 2. The highest BCUT2D eigenvalue weighted by Crippen LogP contribution is 2.40. The van der Waals surface area contributed by atoms with E-state index in [1.807, 2.05) is 5.38 Å². The lowest BCUT2D eigenvalue weighted by Crippen LogP contribution is -1.94. The number of thiazole rings is 1. The number of H-pyrrole nitrogens is 1. The number of carboxylic acid groups (broad SMARTS) is 1. The van der Waals surface area contributed by atoms with Crippen LogP contribution in [0.4, 0.5) is 0 Å². The Kier molecular flexibility index (Phi) is 3.14. The minimum absolute atomic E-state index is 0.207. The van der Waals surface area contributed by atoms with Gasteiger partial charge in [-0.05, 0) is 24.8 Å². The first-order valence-corrected chi connectivity index (χ1v) is 7.39. The number of rotatable bonds is 3. The summed E-state index contributed by atoms with van der Waals surface area (Å²) < 4.78 is 0. The zero-order valence-electron chi connectivity index (χ0n) is 10.7. The molecule has 0 spiro atoms. The molecule has 100 valence electrons. The molecule has 2 unspecified atom stereocenters. The van der Waals surface area contributed by atoms with Crippen LogP contribution in [0.15, 0.2) is 17.6 Å². The Bertz CT molecular complexity index is 602. The molecule has 3 rings (SSSR count). The van der Waals surface area contributed by atoms with E-state index < -0.39 is 5.97 Å². The maximum absolute atomic E-state index is 10.8. The summed E-state index contributed by atoms with van der Waals surface area (Å²) in [6.45, 7) is 2.29. The lowest BCUT2D eigenvalue weighted by Gasteiger charge is -2.03. The average Bonchev–Trinajstić information content (AvgIpc) is 3.07. The van der Waals surface area contributed by atoms with Crippen molar-refractivity contribution in [2.45, 2.75) is 32.1 Å². The standard InChI is InChI=1S/C14H16N2O2S/c1-8-2-3-9(4-8)13-16-12(7-19-13)10-5-11(14(17)18)15-6-10/h5-9,15H,2-4H2,1H3,(H,17,18). The van der Waals surface area contributed by atoms with Crippen molar-refractivity contribution in [3.05, 3.63) is 28.3 Å². The van der Waals surface area contributed by atoms with Crippen LogP contribution in [0.25, 0.3) is 11.3 Å². The van der Waals surface area contributed by atoms with E-state index >= 15 is 0 Å². The molecule has 0 amide bonds. The SMILES string of the molecule is CC1CCC(c2nc(-c3c[nH]c(C(=O)O)c3)cs2)C1. The van der Waals surface area contributed by atoms with Crippen molar-refractivity contribution in [2.24, 2.45) is 5.92 Å². The zero-order valence-corrected chi connectivity index (χ0v) is 11.5. The Morgan fingerprint density at radius 2 is 2.37 bits per heavy atom. The van der Waals surface area contributed by atoms with E-state index in [0.29, 0.717) is 5.92 Å². The third kappa shape index (κ3) is 2.42. The number of carboxylic acids is 1. The Labute approximate surface area is 115 Å². The Morgan fingerprint density at radius 3 is 3.00 bits per heavy atom. The maximum atomic E-state index is 10.8. The largest absolute Gasteiger partial charge is 0.477 e. The van der Waals surface area contributed by atoms with Crippen molar-refractivity contribution in [1.82, 2.24) is 9.97 Å². The first-order chi connectivity index (χ1) is 9.13. The number of hydrogen-bond donors (Lipinski definition) is 2. The van der Waals surface area contributed by atoms with Gasteiger partial charge in [0.1, 0.15) is 5.69 Å². The molecule has 4 nitrogen and oxygen atoms in total. The van der Waals surface area contributed by atoms with Gasteiger partial charge in [-0.25, -0.2) is 9.78 Å². The first kappa shape index (κ1) is 12.4. The molecular formula is C14H16N2O2S. The quantitative estimate of drug-likeness (QED) is 0.897. The summed E-state index contributed by atoms with van der Waals surface area (Å²) in [7, 11) is 0. The fourth-order valence-corrected chi connectivity index (χ4v) is 3.68. The van der Waals surface area contributed by atoms with Crippen LogP contribution in [0, 0.1) is 5.92 Å². The number of nitrogens with zero attached hydrogens (tertiary/aromatic N) is 1. The molecule has 0 radical (unpaired) electrons. The molecule has 19 heavy (non-hydrogen) atoms. The van der Waals surface area contributed by atoms with Gasteiger partial charge in [0.05, 0.1) is 10.7 Å². The van der Waals surface area contributed by atoms with Crippen LogP contribution in [-0.4, -0.2) is 21.0 Å². The Hall–Kier alpha value is -1.62. The molecular weight excluding hydrogens is 260 g/mol. The van der Waals surface area contributed by atoms with Crippen LogP contribution in [0.2, 0.25) is 0 Å². The van der Waals surface area contributed by atoms with Crippen molar-refractivity contribution in [2.75, 3.05) is 0 Å². The molecule has 0 aliphatic heterocycles. The number of aromatic amines is 1. The molecule has 2 atom stereocenters. The highest BCUT2D eigenvalue weighted by atomic mass is 32.1. The zero-order chi connectivity index (χ0) is 13.4. The van der Waals surface area contributed by atoms with E-state index in [1.54, 1.807) is 23.6 Å². The van der Waals surface area contributed by atoms with E-state index in [0.717, 1.165) is 17.2 Å². The topological polar surface area (TPSA) is 66.0 Å². The highest BCUT2D eigenvalue weighted by Gasteiger charge is 2.25. The summed E-state index contributed by atoms with van der Waals surface area (Å²) in [6, 6.07) is 1.64. The van der Waals surface area contributed by atoms with Crippen LogP contribution in [0.1, 0.15) is 47.6 Å². The first-order valence-electron chi connectivity index (χ1n) is 6.51. The summed E-state index contributed by atoms with van der Waals surface area (Å²) in [5, 5.41) is 12.1. The fourth-order valence-electron chi connectivity index (χ4n) is 2.70. The van der Waals surface area contributed by atoms with Gasteiger partial charge in [0.2, 0.25) is 0 Å². The van der Waals surface area contributed by atoms with Crippen molar-refractivity contribution >= 4 is 17.3 Å². The fraction of sp³-hybridized carbons (Fsp3) is 0.429. The average molecular weight is 276 g/mol. The third-order valence-corrected chi connectivity index (χ3v) is 4.78. The summed E-state index contributed by atoms with van der Waals surface area (Å²) in [4.78, 5) is 18.3. The van der Waals surface area contributed by atoms with Crippen molar-refractivity contribution < 1.29 is 9.90 Å². The van der Waals surface area contributed by atoms with Crippen LogP contribution in [0.3, 0.4) is 0 Å². The van der Waals surface area contributed by atoms with Gasteiger partial charge in [-0.15, -0.1) is 11.3 Å². The van der Waals surface area contributed by atoms with E-state index in [9.17, 15) is 4.79 Å². The maximum Gasteiger partial charge on any atom is 0.352 e. The second kappa shape index (κ2) is 4.81. The van der Waals surface area contributed by atoms with E-state index in [-0.39, 0.29) is 5.69 Å². The van der Waals surface area contributed by atoms with Crippen molar-refractivity contribution in [3.63, 3.8) is 0 Å². The number of carbonyl (C=O) groups is 1. The molecule has 1 saturated carbocycles. The van der Waals surface area contributed by atoms with Crippen LogP contribution < -0.4 is 0 Å². The van der Waals surface area contributed by atoms with Gasteiger partial charge in [0.25, 0.3) is 0 Å². The highest BCUT2D eigenvalue weighted by molar-refractivity contribution is 7.10. The molecule has 1 fully saturated rings. The Morgan fingerprint density at radius 1 is 1.53 bits per heavy atom. The van der Waals surface area contributed by atoms with E-state index in [1.165, 1.54) is 24.3 Å². The van der Waals surface area contributed by atoms with Crippen LogP contribution in [-0.2, 0) is 0 Å². The summed E-state index contributed by atoms with van der Waals surface area (Å²) in [6.07, 6.45) is 5.44. The molecule has 2 N–H and O–H groups in total. The number of hydrogen-bond acceptors (Lipinski definition) is 3. The number of aromatic carboxylic acids is 1. The monoisotopic (exact) mass is 276 g/mol. The van der Waals surface area contributed by atoms with Crippen LogP contribution in [0.5, 0.6) is 0 Å². The molecule has 0 aromatic carbocycles. The van der Waals surface area contributed by atoms with E-state index in [4.69, 9.17) is 5.11 Å². The van der Waals surface area contributed by atoms with Gasteiger partial charge in [0.15, 0.2) is 0 Å². The summed E-state index contributed by atoms with van der Waals surface area (Å²) >= 11 is 1.69. The second-order valence-electron chi connectivity index (χ2n) is 5.29. The lowest BCUT2D eigenvalue weighted by molar-refractivity contribution is 0.0691. The molecule has 1 aliphatic rings. The summed E-state index contributed by atoms with van der Waals surface area (Å²) in [5.74, 6) is 0.446. The predicted octanol–water partition coefficient (Wildman–Crippen LogP) is 3.74. The number of nitrogens with one attached hydrogen (secondary N) is 1. The Balaban J connectivity index is 1.82. The molecule has 1 aliphatic carbocycles. The second-order valence-corrected chi connectivity index (χ2v) is 6.18. The normalized spacial score (nSPS) is 22.8. The smallest absolute Gasteiger partial charge is 0.352 e. The molecule has 0 bridgehead atoms. The van der Waals surface area contributed by atoms with E-state index in [2.05, 4.69) is 16.9 Å². The molecule has 5 heteroatoms. The van der Waals surface area contributed by atoms with Crippen LogP contribution >= 0.6 is 11.3 Å². The lowest BCUT2D eigenvalue weighted by atomic mass is 10.1. The molecule has 2 aromatic rings. The van der Waals surface area contributed by atoms with Gasteiger partial charge in [-0.3, -0.25) is 0 Å². The minimum atomic E-state index is -0.939. The van der Waals surface area contributed by atoms with Gasteiger partial charge >= 0.3 is 5.97 Å². The minimum Gasteiger partial charge on any atom is -0.477 e. The van der Waals surface area contributed by atoms with Gasteiger partial charge in [0, 0.05) is 23.1 Å². The van der Waals surface area contributed by atoms with Gasteiger partial charge < -0.3 is 10.1 Å². The predicted molar refractivity (Wildman–Crippen MR) is 74.6 cm³/mol.